The summed E-state index contributed by atoms with van der Waals surface area (Å²) in [5, 5.41) is 7.41. The molecule has 5 heteroatoms. The SMILES string of the molecule is c1cnn(CCNCc2cncnc2)c1. The largest absolute Gasteiger partial charge is 0.311 e. The molecule has 0 saturated heterocycles. The van der Waals surface area contributed by atoms with E-state index in [1.165, 1.54) is 6.33 Å². The highest BCUT2D eigenvalue weighted by Gasteiger charge is 1.93. The molecule has 1 N–H and O–H groups in total. The molecule has 0 saturated carbocycles. The van der Waals surface area contributed by atoms with Crippen molar-refractivity contribution in [3.05, 3.63) is 42.7 Å². The van der Waals surface area contributed by atoms with E-state index >= 15 is 0 Å². The van der Waals surface area contributed by atoms with Crippen LogP contribution in [0, 0.1) is 0 Å². The number of nitrogens with one attached hydrogen (secondary N) is 1. The Morgan fingerprint density at radius 2 is 2.13 bits per heavy atom. The molecule has 0 amide bonds. The van der Waals surface area contributed by atoms with E-state index in [4.69, 9.17) is 0 Å². The molecule has 0 unspecified atom stereocenters. The standard InChI is InChI=1S/C10H13N5/c1-2-14-15(4-1)5-3-11-6-10-7-12-9-13-8-10/h1-2,4,7-9,11H,3,5-6H2. The zero-order valence-corrected chi connectivity index (χ0v) is 8.37. The van der Waals surface area contributed by atoms with Crippen molar-refractivity contribution in [1.82, 2.24) is 25.1 Å². The fraction of sp³-hybridized carbons (Fsp3) is 0.300. The molecule has 0 bridgehead atoms. The lowest BCUT2D eigenvalue weighted by atomic mass is 10.3. The predicted molar refractivity (Wildman–Crippen MR) is 56.0 cm³/mol. The second kappa shape index (κ2) is 5.21. The predicted octanol–water partition coefficient (Wildman–Crippen LogP) is 0.463. The van der Waals surface area contributed by atoms with Crippen molar-refractivity contribution in [1.29, 1.82) is 0 Å². The van der Waals surface area contributed by atoms with E-state index in [9.17, 15) is 0 Å². The first-order valence-corrected chi connectivity index (χ1v) is 4.87. The third-order valence-electron chi connectivity index (χ3n) is 2.02. The molecule has 0 fully saturated rings. The van der Waals surface area contributed by atoms with E-state index in [2.05, 4.69) is 20.4 Å². The first kappa shape index (κ1) is 9.79. The summed E-state index contributed by atoms with van der Waals surface area (Å²) in [5.74, 6) is 0. The Labute approximate surface area is 88.2 Å². The van der Waals surface area contributed by atoms with Crippen LogP contribution in [0.5, 0.6) is 0 Å². The van der Waals surface area contributed by atoms with Gasteiger partial charge in [0.2, 0.25) is 0 Å². The Morgan fingerprint density at radius 3 is 2.87 bits per heavy atom. The molecule has 2 aromatic rings. The van der Waals surface area contributed by atoms with Crippen LogP contribution in [0.1, 0.15) is 5.56 Å². The van der Waals surface area contributed by atoms with Crippen LogP contribution in [-0.2, 0) is 13.1 Å². The van der Waals surface area contributed by atoms with Crippen molar-refractivity contribution < 1.29 is 0 Å². The molecule has 0 radical (unpaired) electrons. The Kier molecular flexibility index (Phi) is 3.40. The number of hydrogen-bond donors (Lipinski definition) is 1. The molecular formula is C10H13N5. The minimum atomic E-state index is 0.794. The summed E-state index contributed by atoms with van der Waals surface area (Å²) < 4.78 is 1.90. The molecule has 2 heterocycles. The maximum Gasteiger partial charge on any atom is 0.115 e. The van der Waals surface area contributed by atoms with Gasteiger partial charge in [0.25, 0.3) is 0 Å². The summed E-state index contributed by atoms with van der Waals surface area (Å²) in [7, 11) is 0. The maximum atomic E-state index is 4.11. The van der Waals surface area contributed by atoms with E-state index in [0.29, 0.717) is 0 Å². The second-order valence-corrected chi connectivity index (χ2v) is 3.19. The first-order valence-electron chi connectivity index (χ1n) is 4.87. The average Bonchev–Trinajstić information content (AvgIpc) is 2.79. The van der Waals surface area contributed by atoms with Gasteiger partial charge < -0.3 is 5.32 Å². The quantitative estimate of drug-likeness (QED) is 0.717. The van der Waals surface area contributed by atoms with E-state index in [1.807, 2.05) is 29.3 Å². The van der Waals surface area contributed by atoms with Gasteiger partial charge in [-0.05, 0) is 6.07 Å². The number of aromatic nitrogens is 4. The first-order chi connectivity index (χ1) is 7.45. The van der Waals surface area contributed by atoms with Gasteiger partial charge in [-0.2, -0.15) is 5.10 Å². The molecule has 78 valence electrons. The normalized spacial score (nSPS) is 10.4. The van der Waals surface area contributed by atoms with Crippen LogP contribution in [0.2, 0.25) is 0 Å². The van der Waals surface area contributed by atoms with E-state index < -0.39 is 0 Å². The lowest BCUT2D eigenvalue weighted by Crippen LogP contribution is -2.19. The fourth-order valence-corrected chi connectivity index (χ4v) is 1.28. The second-order valence-electron chi connectivity index (χ2n) is 3.19. The summed E-state index contributed by atoms with van der Waals surface area (Å²) in [6, 6.07) is 1.92. The van der Waals surface area contributed by atoms with E-state index in [-0.39, 0.29) is 0 Å². The fourth-order valence-electron chi connectivity index (χ4n) is 1.28. The van der Waals surface area contributed by atoms with Crippen molar-refractivity contribution in [2.24, 2.45) is 0 Å². The van der Waals surface area contributed by atoms with Gasteiger partial charge in [0, 0.05) is 43.4 Å². The minimum absolute atomic E-state index is 0.794. The number of hydrogen-bond acceptors (Lipinski definition) is 4. The van der Waals surface area contributed by atoms with Crippen LogP contribution >= 0.6 is 0 Å². The molecule has 5 nitrogen and oxygen atoms in total. The molecule has 2 aromatic heterocycles. The molecule has 0 spiro atoms. The topological polar surface area (TPSA) is 55.6 Å². The maximum absolute atomic E-state index is 4.11. The van der Waals surface area contributed by atoms with Crippen LogP contribution < -0.4 is 5.32 Å². The van der Waals surface area contributed by atoms with Gasteiger partial charge in [0.1, 0.15) is 6.33 Å². The summed E-state index contributed by atoms with van der Waals surface area (Å²) in [6.45, 7) is 2.55. The molecule has 2 rings (SSSR count). The Balaban J connectivity index is 1.68. The summed E-state index contributed by atoms with van der Waals surface area (Å²) in [5.41, 5.74) is 1.10. The third kappa shape index (κ3) is 3.14. The van der Waals surface area contributed by atoms with Gasteiger partial charge in [-0.1, -0.05) is 0 Å². The van der Waals surface area contributed by atoms with Crippen molar-refractivity contribution in [3.63, 3.8) is 0 Å². The van der Waals surface area contributed by atoms with Gasteiger partial charge in [-0.3, -0.25) is 4.68 Å². The zero-order valence-electron chi connectivity index (χ0n) is 8.37. The Morgan fingerprint density at radius 1 is 1.27 bits per heavy atom. The van der Waals surface area contributed by atoms with Crippen LogP contribution in [0.25, 0.3) is 0 Å². The van der Waals surface area contributed by atoms with Gasteiger partial charge in [0.15, 0.2) is 0 Å². The summed E-state index contributed by atoms with van der Waals surface area (Å²) >= 11 is 0. The Bertz CT molecular complexity index is 370. The van der Waals surface area contributed by atoms with E-state index in [1.54, 1.807) is 6.20 Å². The van der Waals surface area contributed by atoms with Crippen LogP contribution in [-0.4, -0.2) is 26.3 Å². The number of rotatable bonds is 5. The summed E-state index contributed by atoms with van der Waals surface area (Å²) in [4.78, 5) is 7.89. The Hall–Kier alpha value is -1.75. The lowest BCUT2D eigenvalue weighted by molar-refractivity contribution is 0.554. The van der Waals surface area contributed by atoms with Crippen molar-refractivity contribution in [3.8, 4) is 0 Å². The lowest BCUT2D eigenvalue weighted by Gasteiger charge is -2.04. The molecule has 15 heavy (non-hydrogen) atoms. The smallest absolute Gasteiger partial charge is 0.115 e. The monoisotopic (exact) mass is 203 g/mol. The number of nitrogens with zero attached hydrogens (tertiary/aromatic N) is 4. The van der Waals surface area contributed by atoms with Crippen molar-refractivity contribution in [2.45, 2.75) is 13.1 Å². The van der Waals surface area contributed by atoms with Crippen LogP contribution in [0.4, 0.5) is 0 Å². The molecule has 0 aliphatic heterocycles. The summed E-state index contributed by atoms with van der Waals surface area (Å²) in [6.07, 6.45) is 8.90. The van der Waals surface area contributed by atoms with Crippen LogP contribution in [0.3, 0.4) is 0 Å². The highest BCUT2D eigenvalue weighted by Crippen LogP contribution is 1.91. The van der Waals surface area contributed by atoms with Crippen molar-refractivity contribution >= 4 is 0 Å². The van der Waals surface area contributed by atoms with Crippen LogP contribution in [0.15, 0.2) is 37.2 Å². The molecule has 0 aliphatic carbocycles. The van der Waals surface area contributed by atoms with Crippen molar-refractivity contribution in [2.75, 3.05) is 6.54 Å². The van der Waals surface area contributed by atoms with E-state index in [0.717, 1.165) is 25.2 Å². The average molecular weight is 203 g/mol. The van der Waals surface area contributed by atoms with Gasteiger partial charge in [0.05, 0.1) is 6.54 Å². The highest BCUT2D eigenvalue weighted by molar-refractivity contribution is 5.01. The van der Waals surface area contributed by atoms with Gasteiger partial charge in [-0.25, -0.2) is 9.97 Å². The minimum Gasteiger partial charge on any atom is -0.311 e. The van der Waals surface area contributed by atoms with Gasteiger partial charge in [-0.15, -0.1) is 0 Å². The molecular weight excluding hydrogens is 190 g/mol. The zero-order chi connectivity index (χ0) is 10.3. The highest BCUT2D eigenvalue weighted by atomic mass is 15.3. The molecule has 0 aliphatic rings. The third-order valence-corrected chi connectivity index (χ3v) is 2.02. The molecule has 0 atom stereocenters. The molecule has 0 aromatic carbocycles. The van der Waals surface area contributed by atoms with Gasteiger partial charge >= 0.3 is 0 Å².